The zero-order valence-electron chi connectivity index (χ0n) is 25.9. The Hall–Kier alpha value is -2.98. The fraction of sp³-hybridized carbons (Fsp3) is 0.500. The Kier molecular flexibility index (Phi) is 7.94. The highest BCUT2D eigenvalue weighted by Gasteiger charge is 2.36. The van der Waals surface area contributed by atoms with Crippen LogP contribution in [0.3, 0.4) is 0 Å². The molecule has 1 atom stereocenters. The summed E-state index contributed by atoms with van der Waals surface area (Å²) in [5.74, 6) is 0.934. The van der Waals surface area contributed by atoms with Crippen molar-refractivity contribution in [1.82, 2.24) is 4.90 Å². The summed E-state index contributed by atoms with van der Waals surface area (Å²) in [6.45, 7) is 21.2. The summed E-state index contributed by atoms with van der Waals surface area (Å²) in [5.41, 5.74) is 10.9. The van der Waals surface area contributed by atoms with Gasteiger partial charge in [-0.25, -0.2) is 0 Å². The van der Waals surface area contributed by atoms with Gasteiger partial charge in [0.15, 0.2) is 0 Å². The van der Waals surface area contributed by atoms with Crippen LogP contribution in [0.5, 0.6) is 5.75 Å². The molecule has 0 bridgehead atoms. The third kappa shape index (κ3) is 5.61. The number of fused-ring (bicyclic) bond motifs is 1. The predicted octanol–water partition coefficient (Wildman–Crippen LogP) is 8.67. The van der Waals surface area contributed by atoms with E-state index in [4.69, 9.17) is 9.47 Å². The van der Waals surface area contributed by atoms with Gasteiger partial charge in [0.2, 0.25) is 0 Å². The van der Waals surface area contributed by atoms with Crippen LogP contribution in [0.2, 0.25) is 0 Å². The van der Waals surface area contributed by atoms with Crippen LogP contribution < -0.4 is 9.64 Å². The molecule has 2 heterocycles. The zero-order valence-corrected chi connectivity index (χ0v) is 25.9. The monoisotopic (exact) mass is 540 g/mol. The minimum Gasteiger partial charge on any atom is -0.494 e. The molecule has 0 fully saturated rings. The molecule has 4 nitrogen and oxygen atoms in total. The van der Waals surface area contributed by atoms with Gasteiger partial charge in [0.05, 0.1) is 23.8 Å². The summed E-state index contributed by atoms with van der Waals surface area (Å²) >= 11 is 0. The summed E-state index contributed by atoms with van der Waals surface area (Å²) in [4.78, 5) is 5.14. The Morgan fingerprint density at radius 1 is 0.800 bits per heavy atom. The van der Waals surface area contributed by atoms with E-state index in [2.05, 4.69) is 113 Å². The molecule has 0 aromatic heterocycles. The fourth-order valence-corrected chi connectivity index (χ4v) is 7.03. The molecule has 0 spiro atoms. The molecule has 214 valence electrons. The van der Waals surface area contributed by atoms with Crippen LogP contribution in [0, 0.1) is 0 Å². The summed E-state index contributed by atoms with van der Waals surface area (Å²) in [7, 11) is 0. The molecule has 2 aromatic carbocycles. The standard InChI is InChI=1S/C36H48N2O2/c1-9-39-29-15-17-31-25(3)21-35(5,6)37(33(31)19-29)23-27-11-13-28(14-12-27)24-38-34-20-30(40-10-2)16-18-32(34)26(4)22-36(38,7)8/h11-15,17,19,21-22,30H,9-10,16,18,20,23-24H2,1-8H3. The molecule has 0 saturated heterocycles. The van der Waals surface area contributed by atoms with E-state index in [1.807, 2.05) is 6.92 Å². The molecule has 1 aliphatic carbocycles. The van der Waals surface area contributed by atoms with Gasteiger partial charge in [-0.05, 0) is 108 Å². The number of nitrogens with zero attached hydrogens (tertiary/aromatic N) is 2. The van der Waals surface area contributed by atoms with Crippen molar-refractivity contribution in [2.45, 2.75) is 105 Å². The van der Waals surface area contributed by atoms with Crippen LogP contribution in [-0.2, 0) is 17.8 Å². The van der Waals surface area contributed by atoms with E-state index < -0.39 is 0 Å². The normalized spacial score (nSPS) is 21.4. The van der Waals surface area contributed by atoms with E-state index in [-0.39, 0.29) is 11.1 Å². The second-order valence-corrected chi connectivity index (χ2v) is 12.8. The lowest BCUT2D eigenvalue weighted by Gasteiger charge is -2.47. The van der Waals surface area contributed by atoms with Crippen LogP contribution in [-0.4, -0.2) is 35.3 Å². The van der Waals surface area contributed by atoms with Gasteiger partial charge in [-0.2, -0.15) is 0 Å². The van der Waals surface area contributed by atoms with Crippen molar-refractivity contribution < 1.29 is 9.47 Å². The molecular formula is C36H48N2O2. The third-order valence-electron chi connectivity index (χ3n) is 8.92. The van der Waals surface area contributed by atoms with Crippen LogP contribution in [0.15, 0.2) is 71.5 Å². The highest BCUT2D eigenvalue weighted by molar-refractivity contribution is 5.82. The molecule has 3 aliphatic rings. The van der Waals surface area contributed by atoms with Gasteiger partial charge in [-0.3, -0.25) is 0 Å². The predicted molar refractivity (Wildman–Crippen MR) is 168 cm³/mol. The average Bonchev–Trinajstić information content (AvgIpc) is 2.89. The Morgan fingerprint density at radius 3 is 2.08 bits per heavy atom. The first-order valence-corrected chi connectivity index (χ1v) is 15.2. The maximum Gasteiger partial charge on any atom is 0.121 e. The summed E-state index contributed by atoms with van der Waals surface area (Å²) < 4.78 is 12.0. The van der Waals surface area contributed by atoms with Crippen molar-refractivity contribution in [3.05, 3.63) is 88.2 Å². The highest BCUT2D eigenvalue weighted by Crippen LogP contribution is 2.43. The molecular weight excluding hydrogens is 492 g/mol. The van der Waals surface area contributed by atoms with Crippen LogP contribution in [0.4, 0.5) is 5.69 Å². The van der Waals surface area contributed by atoms with Crippen LogP contribution >= 0.6 is 0 Å². The van der Waals surface area contributed by atoms with E-state index in [9.17, 15) is 0 Å². The number of anilines is 1. The average molecular weight is 541 g/mol. The van der Waals surface area contributed by atoms with Gasteiger partial charge >= 0.3 is 0 Å². The second-order valence-electron chi connectivity index (χ2n) is 12.8. The first-order chi connectivity index (χ1) is 19.0. The molecule has 40 heavy (non-hydrogen) atoms. The van der Waals surface area contributed by atoms with Gasteiger partial charge in [0.1, 0.15) is 5.75 Å². The molecule has 4 heteroatoms. The van der Waals surface area contributed by atoms with Crippen molar-refractivity contribution in [2.75, 3.05) is 18.1 Å². The van der Waals surface area contributed by atoms with E-state index >= 15 is 0 Å². The fourth-order valence-electron chi connectivity index (χ4n) is 7.03. The minimum absolute atomic E-state index is 0.0281. The quantitative estimate of drug-likeness (QED) is 0.334. The van der Waals surface area contributed by atoms with Crippen LogP contribution in [0.1, 0.15) is 91.3 Å². The summed E-state index contributed by atoms with van der Waals surface area (Å²) in [6.07, 6.45) is 8.42. The van der Waals surface area contributed by atoms with Gasteiger partial charge in [-0.15, -0.1) is 0 Å². The minimum atomic E-state index is -0.0937. The van der Waals surface area contributed by atoms with Crippen molar-refractivity contribution in [3.8, 4) is 5.75 Å². The lowest BCUT2D eigenvalue weighted by molar-refractivity contribution is 0.0402. The molecule has 0 radical (unpaired) electrons. The number of allylic oxidation sites excluding steroid dienone is 3. The van der Waals surface area contributed by atoms with Gasteiger partial charge < -0.3 is 19.3 Å². The van der Waals surface area contributed by atoms with Crippen molar-refractivity contribution in [3.63, 3.8) is 0 Å². The lowest BCUT2D eigenvalue weighted by atomic mass is 9.81. The van der Waals surface area contributed by atoms with E-state index in [1.165, 1.54) is 44.8 Å². The van der Waals surface area contributed by atoms with Gasteiger partial charge in [-0.1, -0.05) is 36.4 Å². The molecule has 2 aliphatic heterocycles. The molecule has 0 N–H and O–H groups in total. The molecule has 0 saturated carbocycles. The highest BCUT2D eigenvalue weighted by atomic mass is 16.5. The summed E-state index contributed by atoms with van der Waals surface area (Å²) in [6, 6.07) is 15.8. The Morgan fingerprint density at radius 2 is 1.43 bits per heavy atom. The van der Waals surface area contributed by atoms with Crippen molar-refractivity contribution >= 4 is 11.3 Å². The van der Waals surface area contributed by atoms with E-state index in [0.29, 0.717) is 12.7 Å². The maximum absolute atomic E-state index is 6.09. The number of hydrogen-bond acceptors (Lipinski definition) is 4. The SMILES string of the molecule is CCOc1ccc2c(c1)N(Cc1ccc(CN3C4=C(CCC(OCC)C4)C(C)=CC3(C)C)cc1)C(C)(C)C=C2C. The maximum atomic E-state index is 6.09. The summed E-state index contributed by atoms with van der Waals surface area (Å²) in [5, 5.41) is 0. The van der Waals surface area contributed by atoms with Gasteiger partial charge in [0.25, 0.3) is 0 Å². The van der Waals surface area contributed by atoms with E-state index in [1.54, 1.807) is 0 Å². The van der Waals surface area contributed by atoms with Crippen LogP contribution in [0.25, 0.3) is 5.57 Å². The Bertz CT molecular complexity index is 1330. The van der Waals surface area contributed by atoms with Crippen molar-refractivity contribution in [1.29, 1.82) is 0 Å². The Balaban J connectivity index is 1.38. The van der Waals surface area contributed by atoms with Gasteiger partial charge in [0, 0.05) is 49.1 Å². The first-order valence-electron chi connectivity index (χ1n) is 15.2. The number of hydrogen-bond donors (Lipinski definition) is 0. The molecule has 0 amide bonds. The van der Waals surface area contributed by atoms with E-state index in [0.717, 1.165) is 44.7 Å². The largest absolute Gasteiger partial charge is 0.494 e. The molecule has 2 aromatic rings. The van der Waals surface area contributed by atoms with Crippen molar-refractivity contribution in [2.24, 2.45) is 0 Å². The number of benzene rings is 2. The third-order valence-corrected chi connectivity index (χ3v) is 8.92. The number of ether oxygens (including phenoxy) is 2. The zero-order chi connectivity index (χ0) is 28.7. The Labute approximate surface area is 242 Å². The smallest absolute Gasteiger partial charge is 0.121 e. The number of rotatable bonds is 8. The first kappa shape index (κ1) is 28.5. The lowest BCUT2D eigenvalue weighted by Crippen LogP contribution is -2.46. The molecule has 5 rings (SSSR count). The second kappa shape index (κ2) is 11.1. The topological polar surface area (TPSA) is 24.9 Å². The molecule has 1 unspecified atom stereocenters.